The van der Waals surface area contributed by atoms with Gasteiger partial charge in [0.2, 0.25) is 5.88 Å². The molecule has 0 aliphatic carbocycles. The van der Waals surface area contributed by atoms with Gasteiger partial charge in [-0.25, -0.2) is 19.6 Å². The number of aromatic amines is 2. The number of Topliss-reactive ketones (excluding diaryl/α,β-unsaturated/α-hetero) is 1. The van der Waals surface area contributed by atoms with Crippen molar-refractivity contribution in [1.82, 2.24) is 85.5 Å². The summed E-state index contributed by atoms with van der Waals surface area (Å²) >= 11 is 0. The van der Waals surface area contributed by atoms with Crippen molar-refractivity contribution in [2.24, 2.45) is 30.0 Å². The van der Waals surface area contributed by atoms with Crippen molar-refractivity contribution < 1.29 is 42.9 Å². The first-order valence-electron chi connectivity index (χ1n) is 39.8. The van der Waals surface area contributed by atoms with Crippen molar-refractivity contribution in [2.45, 2.75) is 161 Å². The third kappa shape index (κ3) is 54.1. The third-order valence-electron chi connectivity index (χ3n) is 16.9. The van der Waals surface area contributed by atoms with Gasteiger partial charge in [0.1, 0.15) is 17.5 Å². The number of carbonyl (C=O) groups excluding carboxylic acids is 4. The molecule has 1 atom stereocenters. The zero-order valence-electron chi connectivity index (χ0n) is 74.4. The van der Waals surface area contributed by atoms with Crippen LogP contribution in [0.15, 0.2) is 170 Å². The summed E-state index contributed by atoms with van der Waals surface area (Å²) in [5, 5.41) is 42.2. The van der Waals surface area contributed by atoms with Crippen LogP contribution in [0.4, 0.5) is 4.79 Å². The van der Waals surface area contributed by atoms with E-state index >= 15 is 0 Å². The standard InChI is InChI=1S/C9H10O2.C8H12N2O2.C8H16N2.C7H6N2.2C7H9NO.C7H12O2.C6H11N.C6H7N.C5H12N2.C5H6N2.C5H10O.C4H6N2.C3H5N3.C2H6O/c1-7-4-3-5-8(6-7)9(10)11-2;1-6(2)12-8(11)10-5-7(3)4-9-10;1-10-6-8(7-10)3-2-4-9-5-8;1-6-2-3-9-7(4-6)5-8;1-6-3-4-7(9-2)8-5-6;1-6-4-3-5-8(2)7(6)9;1-2-3-6-4-5-9-7(6)8;2*1-6-2-4-7-5-3-6;1-7-3-5(2-6)4-7;1-5-2-3-6-7-4-5;1-3-5(6)4-2;1-4-2-5-6-3-4;1-3-2-4-6-5-3;1-3-2/h3-6H,1-2H3;4-6H,1-3H3;9H,2-7H2,1H3;2-4H,1H3;2*3-5H,1-2H3;6H,2-5H2,1H3;2,7H,3-5H2,1H3;2-5H,1H3;5H,2-4,6H2,1H3;2-4H,1H3;3-4H2,1-2H3;2-3H,1H3,(H,5,6);2H,1H3,(H,4,5,6);1-2H3. The van der Waals surface area contributed by atoms with Gasteiger partial charge in [-0.1, -0.05) is 68.7 Å². The van der Waals surface area contributed by atoms with Crippen molar-refractivity contribution in [2.75, 3.05) is 108 Å². The van der Waals surface area contributed by atoms with Crippen LogP contribution in [0.25, 0.3) is 0 Å². The number of aromatic nitrogens is 13. The first kappa shape index (κ1) is 107. The van der Waals surface area contributed by atoms with Gasteiger partial charge in [-0.05, 0) is 237 Å². The quantitative estimate of drug-likeness (QED) is 0.0536. The highest BCUT2D eigenvalue weighted by atomic mass is 16.6. The number of carbonyl (C=O) groups is 4. The van der Waals surface area contributed by atoms with Gasteiger partial charge in [-0.15, -0.1) is 0 Å². The fourth-order valence-corrected chi connectivity index (χ4v) is 10.4. The number of nitrogens with two attached hydrogens (primary N) is 1. The molecule has 8 aromatic heterocycles. The van der Waals surface area contributed by atoms with Gasteiger partial charge in [-0.3, -0.25) is 24.5 Å². The molecular formula is C89H137N19O10. The number of esters is 2. The molecule has 0 bridgehead atoms. The number of nitrogens with zero attached hydrogens (tertiary/aromatic N) is 14. The zero-order chi connectivity index (χ0) is 88.5. The summed E-state index contributed by atoms with van der Waals surface area (Å²) < 4.78 is 26.1. The van der Waals surface area contributed by atoms with Crippen LogP contribution in [0.2, 0.25) is 0 Å². The first-order valence-corrected chi connectivity index (χ1v) is 39.8. The third-order valence-corrected chi connectivity index (χ3v) is 16.9. The summed E-state index contributed by atoms with van der Waals surface area (Å²) in [6, 6.07) is 26.2. The zero-order valence-corrected chi connectivity index (χ0v) is 74.4. The Kier molecular flexibility index (Phi) is 60.1. The number of ketones is 1. The second-order valence-electron chi connectivity index (χ2n) is 28.8. The lowest BCUT2D eigenvalue weighted by molar-refractivity contribution is -0.141. The molecule has 5 aliphatic heterocycles. The molecule has 1 unspecified atom stereocenters. The van der Waals surface area contributed by atoms with E-state index in [1.807, 2.05) is 149 Å². The van der Waals surface area contributed by atoms with E-state index in [1.54, 1.807) is 133 Å². The summed E-state index contributed by atoms with van der Waals surface area (Å²) in [6.07, 6.45) is 30.8. The normalized spacial score (nSPS) is 14.0. The molecule has 29 heteroatoms. The number of pyridine rings is 4. The molecule has 14 rings (SSSR count). The van der Waals surface area contributed by atoms with E-state index in [4.69, 9.17) is 25.2 Å². The Morgan fingerprint density at radius 1 is 0.712 bits per heavy atom. The lowest BCUT2D eigenvalue weighted by atomic mass is 9.74. The maximum atomic E-state index is 11.1. The Bertz CT molecular complexity index is 4050. The molecular weight excluding hydrogens is 1500 g/mol. The molecule has 0 radical (unpaired) electrons. The van der Waals surface area contributed by atoms with Crippen LogP contribution in [0.5, 0.6) is 5.88 Å². The number of methoxy groups -OCH3 is 3. The molecule has 4 saturated heterocycles. The van der Waals surface area contributed by atoms with E-state index < -0.39 is 6.09 Å². The maximum Gasteiger partial charge on any atom is 0.434 e. The summed E-state index contributed by atoms with van der Waals surface area (Å²) in [5.74, 6) is 1.75. The number of likely N-dealkylation sites (tertiary alicyclic amines) is 2. The lowest BCUT2D eigenvalue weighted by Crippen LogP contribution is -2.60. The SMILES string of the molecule is CC1=CCNCC1.CCC(=O)CC.CCCC1CCOC1=O.CN1CC(CN)C1.CN1CC2(CCCNC2)C1.COC.COC(=O)c1cccc(C)c1.COc1ccc(C)cn1.Cc1cccn(C)c1=O.Cc1ccnc(C#N)c1.Cc1ccncc1.Cc1ccnnc1.Cc1cn[nH]c1.Cc1cn[nH]n1.Cc1cnn(C(=O)OC(C)C)c1. The number of H-pyrrole nitrogens is 2. The predicted octanol–water partition coefficient (Wildman–Crippen LogP) is 13.4. The Labute approximate surface area is 702 Å². The molecule has 648 valence electrons. The molecule has 13 heterocycles. The number of ether oxygens (including phenoxy) is 5. The Morgan fingerprint density at radius 3 is 1.73 bits per heavy atom. The van der Waals surface area contributed by atoms with E-state index in [-0.39, 0.29) is 29.5 Å². The average Bonchev–Trinajstić information content (AvgIpc) is 1.00. The molecule has 1 spiro atoms. The number of cyclic esters (lactones) is 1. The van der Waals surface area contributed by atoms with E-state index in [0.717, 1.165) is 77.3 Å². The van der Waals surface area contributed by atoms with Crippen LogP contribution in [0, 0.1) is 90.9 Å². The van der Waals surface area contributed by atoms with Crippen molar-refractivity contribution in [3.63, 3.8) is 0 Å². The van der Waals surface area contributed by atoms with Crippen molar-refractivity contribution in [3.8, 4) is 11.9 Å². The van der Waals surface area contributed by atoms with Gasteiger partial charge in [0.05, 0.1) is 68.9 Å². The highest BCUT2D eigenvalue weighted by molar-refractivity contribution is 5.89. The van der Waals surface area contributed by atoms with Crippen LogP contribution < -0.4 is 26.7 Å². The number of nitriles is 1. The minimum atomic E-state index is -0.432. The van der Waals surface area contributed by atoms with Crippen LogP contribution in [0.1, 0.15) is 159 Å². The monoisotopic (exact) mass is 1630 g/mol. The van der Waals surface area contributed by atoms with Gasteiger partial charge in [-0.2, -0.15) is 45.7 Å². The van der Waals surface area contributed by atoms with Gasteiger partial charge in [0.25, 0.3) is 5.56 Å². The predicted molar refractivity (Wildman–Crippen MR) is 468 cm³/mol. The van der Waals surface area contributed by atoms with Crippen LogP contribution >= 0.6 is 0 Å². The van der Waals surface area contributed by atoms with Crippen molar-refractivity contribution in [1.29, 1.82) is 5.26 Å². The summed E-state index contributed by atoms with van der Waals surface area (Å²) in [6.45, 7) is 40.4. The summed E-state index contributed by atoms with van der Waals surface area (Å²) in [5.41, 5.74) is 18.3. The van der Waals surface area contributed by atoms with Crippen LogP contribution in [-0.2, 0) is 35.6 Å². The number of hydrogen-bond acceptors (Lipinski definition) is 25. The smallest absolute Gasteiger partial charge is 0.434 e. The van der Waals surface area contributed by atoms with Crippen molar-refractivity contribution in [3.05, 3.63) is 237 Å². The molecule has 0 saturated carbocycles. The molecule has 9 aromatic rings. The van der Waals surface area contributed by atoms with E-state index in [0.29, 0.717) is 47.8 Å². The molecule has 1 aromatic carbocycles. The summed E-state index contributed by atoms with van der Waals surface area (Å²) in [4.78, 5) is 70.2. The minimum absolute atomic E-state index is 0.0110. The molecule has 4 fully saturated rings. The molecule has 29 nitrogen and oxygen atoms in total. The fraction of sp³-hybridized carbons (Fsp3) is 0.494. The molecule has 5 aliphatic rings. The minimum Gasteiger partial charge on any atom is -0.481 e. The second kappa shape index (κ2) is 66.2. The van der Waals surface area contributed by atoms with Gasteiger partial charge in [0.15, 0.2) is 0 Å². The molecule has 0 amide bonds. The number of nitrogens with one attached hydrogen (secondary N) is 4. The summed E-state index contributed by atoms with van der Waals surface area (Å²) in [7, 11) is 12.3. The number of rotatable bonds is 8. The topological polar surface area (TPSA) is 369 Å². The highest BCUT2D eigenvalue weighted by Crippen LogP contribution is 2.35. The number of hydrogen-bond donors (Lipinski definition) is 5. The number of benzene rings is 1. The van der Waals surface area contributed by atoms with Crippen molar-refractivity contribution >= 4 is 23.8 Å². The Morgan fingerprint density at radius 2 is 1.38 bits per heavy atom. The van der Waals surface area contributed by atoms with Gasteiger partial charge < -0.3 is 54.4 Å². The number of piperidine rings is 1. The molecule has 6 N–H and O–H groups in total. The fourth-order valence-electron chi connectivity index (χ4n) is 10.4. The Balaban J connectivity index is 0.00000125. The average molecular weight is 1630 g/mol. The van der Waals surface area contributed by atoms with Crippen LogP contribution in [-0.4, -0.2) is 213 Å². The maximum absolute atomic E-state index is 11.1. The van der Waals surface area contributed by atoms with Gasteiger partial charge >= 0.3 is 18.0 Å². The largest absolute Gasteiger partial charge is 0.481 e. The molecule has 118 heavy (non-hydrogen) atoms. The van der Waals surface area contributed by atoms with Gasteiger partial charge in [0, 0.05) is 140 Å². The van der Waals surface area contributed by atoms with Crippen LogP contribution in [0.3, 0.4) is 0 Å². The highest BCUT2D eigenvalue weighted by Gasteiger charge is 2.41. The number of aryl methyl sites for hydroxylation is 10. The lowest BCUT2D eigenvalue weighted by Gasteiger charge is -2.51. The first-order chi connectivity index (χ1) is 56.4. The Hall–Kier alpha value is -10.9. The second-order valence-corrected chi connectivity index (χ2v) is 28.8. The van der Waals surface area contributed by atoms with E-state index in [9.17, 15) is 24.0 Å². The van der Waals surface area contributed by atoms with E-state index in [2.05, 4.69) is 120 Å². The van der Waals surface area contributed by atoms with E-state index in [1.165, 1.54) is 93.6 Å².